The number of benzene rings is 3. The number of nitrogens with zero attached hydrogens (tertiary/aromatic N) is 4. The minimum Gasteiger partial charge on any atom is -0.492 e. The van der Waals surface area contributed by atoms with Crippen LogP contribution >= 0.6 is 0 Å². The topological polar surface area (TPSA) is 106 Å². The zero-order valence-electron chi connectivity index (χ0n) is 28.7. The molecule has 4 aliphatic carbocycles. The highest BCUT2D eigenvalue weighted by Gasteiger charge is 2.54. The number of ether oxygens (including phenoxy) is 1. The molecule has 4 bridgehead atoms. The summed E-state index contributed by atoms with van der Waals surface area (Å²) in [4.78, 5) is 23.0. The zero-order valence-corrected chi connectivity index (χ0v) is 28.7. The van der Waals surface area contributed by atoms with Gasteiger partial charge in [-0.05, 0) is 99.1 Å². The molecule has 49 heavy (non-hydrogen) atoms. The second-order valence-electron chi connectivity index (χ2n) is 14.3. The Morgan fingerprint density at radius 2 is 1.35 bits per heavy atom. The van der Waals surface area contributed by atoms with Crippen molar-refractivity contribution in [2.45, 2.75) is 71.4 Å². The van der Waals surface area contributed by atoms with Crippen LogP contribution in [-0.4, -0.2) is 56.3 Å². The van der Waals surface area contributed by atoms with Crippen LogP contribution in [0.15, 0.2) is 78.9 Å². The third kappa shape index (κ3) is 7.32. The third-order valence-corrected chi connectivity index (χ3v) is 10.8. The number of nitrogens with one attached hydrogen (secondary N) is 2. The summed E-state index contributed by atoms with van der Waals surface area (Å²) in [7, 11) is 0. The summed E-state index contributed by atoms with van der Waals surface area (Å²) in [6, 6.07) is 26.0. The Bertz CT molecular complexity index is 1810. The lowest BCUT2D eigenvalue weighted by Crippen LogP contribution is -2.50. The summed E-state index contributed by atoms with van der Waals surface area (Å²) >= 11 is 0. The number of Topliss-reactive ketones (excluding diaryl/α,β-unsaturated/α-hetero) is 1. The summed E-state index contributed by atoms with van der Waals surface area (Å²) in [5.41, 5.74) is 4.01. The quantitative estimate of drug-likeness (QED) is 0.105. The van der Waals surface area contributed by atoms with Crippen LogP contribution < -0.4 is 15.4 Å². The Morgan fingerprint density at radius 1 is 0.796 bits per heavy atom. The number of para-hydroxylation sites is 5. The van der Waals surface area contributed by atoms with Gasteiger partial charge in [-0.25, -0.2) is 9.97 Å². The van der Waals surface area contributed by atoms with Crippen molar-refractivity contribution in [3.8, 4) is 5.75 Å². The van der Waals surface area contributed by atoms with E-state index >= 15 is 0 Å². The van der Waals surface area contributed by atoms with Crippen LogP contribution in [0.25, 0.3) is 22.1 Å². The predicted octanol–water partition coefficient (Wildman–Crippen LogP) is 7.55. The molecule has 258 valence electrons. The van der Waals surface area contributed by atoms with E-state index in [4.69, 9.17) is 14.8 Å². The number of imidazole rings is 2. The van der Waals surface area contributed by atoms with Crippen molar-refractivity contribution in [1.82, 2.24) is 19.1 Å². The number of unbranched alkanes of at least 4 members (excludes halogenated alkanes) is 1. The van der Waals surface area contributed by atoms with Gasteiger partial charge in [-0.15, -0.1) is 0 Å². The van der Waals surface area contributed by atoms with E-state index in [2.05, 4.69) is 37.7 Å². The van der Waals surface area contributed by atoms with Crippen molar-refractivity contribution >= 4 is 39.7 Å². The number of aliphatic hydroxyl groups is 1. The summed E-state index contributed by atoms with van der Waals surface area (Å²) in [5.74, 6) is 5.36. The number of carbonyl (C=O) groups excluding carboxylic acids is 1. The molecule has 3 aromatic carbocycles. The van der Waals surface area contributed by atoms with Gasteiger partial charge in [-0.3, -0.25) is 4.79 Å². The Hall–Kier alpha value is -4.37. The lowest BCUT2D eigenvalue weighted by atomic mass is 9.48. The van der Waals surface area contributed by atoms with Crippen LogP contribution in [0.2, 0.25) is 0 Å². The second kappa shape index (κ2) is 15.0. The zero-order chi connectivity index (χ0) is 33.6. The average molecular weight is 663 g/mol. The molecular weight excluding hydrogens is 612 g/mol. The van der Waals surface area contributed by atoms with Crippen LogP contribution in [0.1, 0.15) is 58.3 Å². The molecule has 0 radical (unpaired) electrons. The average Bonchev–Trinajstić information content (AvgIpc) is 3.65. The summed E-state index contributed by atoms with van der Waals surface area (Å²) in [6.45, 7) is 5.36. The van der Waals surface area contributed by atoms with E-state index in [9.17, 15) is 4.79 Å². The molecule has 9 heteroatoms. The summed E-state index contributed by atoms with van der Waals surface area (Å²) in [6.07, 6.45) is 9.83. The van der Waals surface area contributed by atoms with Crippen LogP contribution in [0.3, 0.4) is 0 Å². The van der Waals surface area contributed by atoms with E-state index in [1.54, 1.807) is 0 Å². The maximum Gasteiger partial charge on any atom is 0.204 e. The number of ketones is 1. The van der Waals surface area contributed by atoms with Gasteiger partial charge >= 0.3 is 0 Å². The number of hydrogen-bond acceptors (Lipinski definition) is 7. The molecule has 0 unspecified atom stereocenters. The SMILES string of the molecule is CCCCNc1nc2ccccc2n1CC(=O)C12CC3CC(CC(C3)C1)C2.OCCNc1nc2ccccc2n1CCOc1ccccc1. The smallest absolute Gasteiger partial charge is 0.204 e. The van der Waals surface area contributed by atoms with Crippen LogP contribution in [0, 0.1) is 23.2 Å². The number of rotatable bonds is 14. The molecule has 0 spiro atoms. The highest BCUT2D eigenvalue weighted by atomic mass is 16.5. The fourth-order valence-electron chi connectivity index (χ4n) is 8.89. The van der Waals surface area contributed by atoms with Gasteiger partial charge in [0.25, 0.3) is 0 Å². The summed E-state index contributed by atoms with van der Waals surface area (Å²) in [5, 5.41) is 15.6. The van der Waals surface area contributed by atoms with E-state index in [-0.39, 0.29) is 12.0 Å². The van der Waals surface area contributed by atoms with Gasteiger partial charge < -0.3 is 29.6 Å². The van der Waals surface area contributed by atoms with Crippen molar-refractivity contribution in [3.05, 3.63) is 78.9 Å². The van der Waals surface area contributed by atoms with Gasteiger partial charge in [0.05, 0.1) is 41.8 Å². The van der Waals surface area contributed by atoms with Gasteiger partial charge in [-0.1, -0.05) is 55.8 Å². The minimum absolute atomic E-state index is 0.0409. The molecule has 0 amide bonds. The molecule has 0 saturated heterocycles. The molecular formula is C40H50N6O3. The molecule has 9 rings (SSSR count). The van der Waals surface area contributed by atoms with Crippen molar-refractivity contribution in [2.24, 2.45) is 23.2 Å². The molecule has 2 aromatic heterocycles. The van der Waals surface area contributed by atoms with E-state index in [0.29, 0.717) is 32.0 Å². The lowest BCUT2D eigenvalue weighted by molar-refractivity contribution is -0.144. The fourth-order valence-corrected chi connectivity index (χ4v) is 8.89. The third-order valence-electron chi connectivity index (χ3n) is 10.8. The monoisotopic (exact) mass is 662 g/mol. The Kier molecular flexibility index (Phi) is 10.2. The van der Waals surface area contributed by atoms with Gasteiger partial charge in [0.15, 0.2) is 5.78 Å². The normalized spacial score (nSPS) is 22.2. The first kappa shape index (κ1) is 33.1. The van der Waals surface area contributed by atoms with E-state index in [0.717, 1.165) is 96.1 Å². The Morgan fingerprint density at radius 3 is 1.96 bits per heavy atom. The van der Waals surface area contributed by atoms with Gasteiger partial charge in [-0.2, -0.15) is 0 Å². The highest BCUT2D eigenvalue weighted by Crippen LogP contribution is 2.60. The van der Waals surface area contributed by atoms with Crippen LogP contribution in [0.5, 0.6) is 5.75 Å². The van der Waals surface area contributed by atoms with Crippen molar-refractivity contribution in [1.29, 1.82) is 0 Å². The van der Waals surface area contributed by atoms with Crippen molar-refractivity contribution in [3.63, 3.8) is 0 Å². The predicted molar refractivity (Wildman–Crippen MR) is 196 cm³/mol. The van der Waals surface area contributed by atoms with E-state index in [1.165, 1.54) is 19.3 Å². The first-order valence-corrected chi connectivity index (χ1v) is 18.3. The van der Waals surface area contributed by atoms with E-state index in [1.807, 2.05) is 72.8 Å². The standard InChI is InChI=1S/C23H31N3O.C17H19N3O2/c1-2-3-8-24-22-25-19-6-4-5-7-20(19)26(22)15-21(27)23-12-16-9-17(13-23)11-18(10-16)14-23;21-12-10-18-17-19-15-8-4-5-9-16(15)20(17)11-13-22-14-6-2-1-3-7-14/h4-7,16-18H,2-3,8-15H2,1H3,(H,24,25);1-9,21H,10-13H2,(H,18,19). The van der Waals surface area contributed by atoms with Crippen molar-refractivity contribution in [2.75, 3.05) is 36.9 Å². The Labute approximate surface area is 289 Å². The van der Waals surface area contributed by atoms with Crippen LogP contribution in [-0.2, 0) is 17.9 Å². The number of fused-ring (bicyclic) bond motifs is 2. The first-order chi connectivity index (χ1) is 24.0. The maximum absolute atomic E-state index is 13.6. The van der Waals surface area contributed by atoms with Crippen molar-refractivity contribution < 1.29 is 14.6 Å². The molecule has 4 saturated carbocycles. The molecule has 2 heterocycles. The minimum atomic E-state index is -0.0409. The molecule has 3 N–H and O–H groups in total. The van der Waals surface area contributed by atoms with Gasteiger partial charge in [0.1, 0.15) is 12.4 Å². The second-order valence-corrected chi connectivity index (χ2v) is 14.3. The largest absolute Gasteiger partial charge is 0.492 e. The number of hydrogen-bond donors (Lipinski definition) is 3. The number of anilines is 2. The van der Waals surface area contributed by atoms with Gasteiger partial charge in [0.2, 0.25) is 11.9 Å². The highest BCUT2D eigenvalue weighted by molar-refractivity contribution is 5.88. The number of carbonyl (C=O) groups is 1. The number of aromatic nitrogens is 4. The fraction of sp³-hybridized carbons (Fsp3) is 0.475. The van der Waals surface area contributed by atoms with Crippen LogP contribution in [0.4, 0.5) is 11.9 Å². The Balaban J connectivity index is 0.000000158. The lowest BCUT2D eigenvalue weighted by Gasteiger charge is -2.56. The molecule has 9 nitrogen and oxygen atoms in total. The summed E-state index contributed by atoms with van der Waals surface area (Å²) < 4.78 is 9.98. The molecule has 0 atom stereocenters. The number of aliphatic hydroxyl groups excluding tert-OH is 1. The molecule has 5 aromatic rings. The molecule has 0 aliphatic heterocycles. The first-order valence-electron chi connectivity index (χ1n) is 18.3. The van der Waals surface area contributed by atoms with E-state index < -0.39 is 0 Å². The maximum atomic E-state index is 13.6. The molecule has 4 fully saturated rings. The molecule has 4 aliphatic rings. The van der Waals surface area contributed by atoms with Gasteiger partial charge in [0, 0.05) is 18.5 Å².